The maximum atomic E-state index is 12.0. The Balaban J connectivity index is 1.59. The predicted octanol–water partition coefficient (Wildman–Crippen LogP) is 2.78. The Bertz CT molecular complexity index is 353. The van der Waals surface area contributed by atoms with Crippen LogP contribution in [0.3, 0.4) is 0 Å². The first kappa shape index (κ1) is 13.6. The second kappa shape index (κ2) is 5.17. The molecule has 3 fully saturated rings. The van der Waals surface area contributed by atoms with Gasteiger partial charge in [-0.25, -0.2) is 0 Å². The van der Waals surface area contributed by atoms with E-state index in [4.69, 9.17) is 4.74 Å². The van der Waals surface area contributed by atoms with Gasteiger partial charge in [0.05, 0.1) is 11.7 Å². The molecule has 3 atom stereocenters. The third-order valence-corrected chi connectivity index (χ3v) is 5.22. The van der Waals surface area contributed by atoms with Gasteiger partial charge in [0.2, 0.25) is 0 Å². The van der Waals surface area contributed by atoms with Crippen molar-refractivity contribution in [2.75, 3.05) is 13.1 Å². The smallest absolute Gasteiger partial charge is 0.137 e. The highest BCUT2D eigenvalue weighted by atomic mass is 16.5. The number of carbonyl (C=O) groups is 1. The van der Waals surface area contributed by atoms with Gasteiger partial charge < -0.3 is 4.74 Å². The van der Waals surface area contributed by atoms with Crippen molar-refractivity contribution >= 4 is 5.78 Å². The van der Waals surface area contributed by atoms with Crippen LogP contribution in [0.2, 0.25) is 0 Å². The molecule has 108 valence electrons. The Kier molecular flexibility index (Phi) is 3.69. The van der Waals surface area contributed by atoms with E-state index in [1.807, 2.05) is 0 Å². The fraction of sp³-hybridized carbons (Fsp3) is 0.938. The second-order valence-electron chi connectivity index (χ2n) is 7.21. The van der Waals surface area contributed by atoms with Gasteiger partial charge in [0.1, 0.15) is 5.78 Å². The maximum absolute atomic E-state index is 12.0. The lowest BCUT2D eigenvalue weighted by Gasteiger charge is -2.31. The van der Waals surface area contributed by atoms with E-state index in [-0.39, 0.29) is 5.60 Å². The van der Waals surface area contributed by atoms with Gasteiger partial charge in [-0.1, -0.05) is 0 Å². The summed E-state index contributed by atoms with van der Waals surface area (Å²) in [6, 6.07) is 0.516. The lowest BCUT2D eigenvalue weighted by molar-refractivity contribution is -0.122. The Hall–Kier alpha value is -0.410. The molecule has 3 rings (SSSR count). The first-order valence-electron chi connectivity index (χ1n) is 8.00. The molecule has 0 aromatic carbocycles. The molecule has 1 saturated carbocycles. The first-order chi connectivity index (χ1) is 9.05. The van der Waals surface area contributed by atoms with Gasteiger partial charge >= 0.3 is 0 Å². The molecule has 0 aromatic heterocycles. The van der Waals surface area contributed by atoms with Gasteiger partial charge in [0, 0.05) is 24.9 Å². The lowest BCUT2D eigenvalue weighted by Crippen LogP contribution is -2.42. The number of hydrogen-bond acceptors (Lipinski definition) is 3. The zero-order chi connectivity index (χ0) is 13.5. The Morgan fingerprint density at radius 3 is 2.74 bits per heavy atom. The van der Waals surface area contributed by atoms with Crippen molar-refractivity contribution in [1.29, 1.82) is 0 Å². The fourth-order valence-electron chi connectivity index (χ4n) is 4.25. The molecule has 3 unspecified atom stereocenters. The maximum Gasteiger partial charge on any atom is 0.137 e. The van der Waals surface area contributed by atoms with E-state index in [1.165, 1.54) is 25.7 Å². The average Bonchev–Trinajstić information content (AvgIpc) is 3.01. The fourth-order valence-corrected chi connectivity index (χ4v) is 4.25. The van der Waals surface area contributed by atoms with Crippen molar-refractivity contribution in [2.24, 2.45) is 5.92 Å². The molecule has 2 heterocycles. The van der Waals surface area contributed by atoms with Gasteiger partial charge in [-0.3, -0.25) is 9.69 Å². The van der Waals surface area contributed by atoms with Crippen LogP contribution in [0.5, 0.6) is 0 Å². The Labute approximate surface area is 116 Å². The van der Waals surface area contributed by atoms with Crippen LogP contribution in [-0.2, 0) is 9.53 Å². The minimum Gasteiger partial charge on any atom is -0.371 e. The van der Waals surface area contributed by atoms with E-state index in [0.29, 0.717) is 23.8 Å². The second-order valence-corrected chi connectivity index (χ2v) is 7.21. The molecule has 3 aliphatic rings. The summed E-state index contributed by atoms with van der Waals surface area (Å²) in [6.07, 6.45) is 8.25. The van der Waals surface area contributed by atoms with Gasteiger partial charge in [-0.15, -0.1) is 0 Å². The molecule has 0 amide bonds. The highest BCUT2D eigenvalue weighted by Gasteiger charge is 2.40. The highest BCUT2D eigenvalue weighted by molar-refractivity contribution is 5.83. The molecule has 0 spiro atoms. The SMILES string of the molecule is CC1(C)CCC(CN2CCCC2C2CCCC2=O)O1. The third-order valence-electron chi connectivity index (χ3n) is 5.22. The third kappa shape index (κ3) is 2.87. The number of carbonyl (C=O) groups excluding carboxylic acids is 1. The summed E-state index contributed by atoms with van der Waals surface area (Å²) in [6.45, 7) is 6.58. The van der Waals surface area contributed by atoms with Crippen LogP contribution in [0, 0.1) is 5.92 Å². The van der Waals surface area contributed by atoms with Gasteiger partial charge in [-0.05, 0) is 58.9 Å². The topological polar surface area (TPSA) is 29.5 Å². The molecule has 19 heavy (non-hydrogen) atoms. The van der Waals surface area contributed by atoms with E-state index in [2.05, 4.69) is 18.7 Å². The zero-order valence-electron chi connectivity index (χ0n) is 12.4. The number of hydrogen-bond donors (Lipinski definition) is 0. The molecule has 3 heteroatoms. The van der Waals surface area contributed by atoms with Crippen LogP contribution >= 0.6 is 0 Å². The van der Waals surface area contributed by atoms with Gasteiger partial charge in [-0.2, -0.15) is 0 Å². The number of rotatable bonds is 3. The molecule has 2 aliphatic heterocycles. The molecule has 2 saturated heterocycles. The van der Waals surface area contributed by atoms with Crippen LogP contribution in [-0.4, -0.2) is 41.5 Å². The Morgan fingerprint density at radius 2 is 2.11 bits per heavy atom. The zero-order valence-corrected chi connectivity index (χ0v) is 12.4. The average molecular weight is 265 g/mol. The van der Waals surface area contributed by atoms with Crippen LogP contribution in [0.15, 0.2) is 0 Å². The van der Waals surface area contributed by atoms with E-state index >= 15 is 0 Å². The van der Waals surface area contributed by atoms with E-state index in [1.54, 1.807) is 0 Å². The normalized spacial score (nSPS) is 39.3. The minimum atomic E-state index is 0.0586. The van der Waals surface area contributed by atoms with Gasteiger partial charge in [0.15, 0.2) is 0 Å². The molecule has 0 aromatic rings. The first-order valence-corrected chi connectivity index (χ1v) is 8.00. The molecule has 0 N–H and O–H groups in total. The molecular formula is C16H27NO2. The van der Waals surface area contributed by atoms with Crippen LogP contribution < -0.4 is 0 Å². The highest BCUT2D eigenvalue weighted by Crippen LogP contribution is 2.35. The summed E-state index contributed by atoms with van der Waals surface area (Å²) in [4.78, 5) is 14.5. The summed E-state index contributed by atoms with van der Waals surface area (Å²) in [5.41, 5.74) is 0.0586. The molecule has 0 bridgehead atoms. The predicted molar refractivity (Wildman–Crippen MR) is 75.1 cm³/mol. The largest absolute Gasteiger partial charge is 0.371 e. The molecule has 3 nitrogen and oxygen atoms in total. The number of likely N-dealkylation sites (tertiary alicyclic amines) is 1. The monoisotopic (exact) mass is 265 g/mol. The van der Waals surface area contributed by atoms with E-state index < -0.39 is 0 Å². The van der Waals surface area contributed by atoms with Gasteiger partial charge in [0.25, 0.3) is 0 Å². The number of nitrogens with zero attached hydrogens (tertiary/aromatic N) is 1. The summed E-state index contributed by atoms with van der Waals surface area (Å²) in [5.74, 6) is 0.849. The minimum absolute atomic E-state index is 0.0586. The number of ketones is 1. The standard InChI is InChI=1S/C16H27NO2/c1-16(2)9-8-12(19-16)11-17-10-4-6-14(17)13-5-3-7-15(13)18/h12-14H,3-11H2,1-2H3. The molecule has 0 radical (unpaired) electrons. The van der Waals surface area contributed by atoms with Crippen molar-refractivity contribution in [3.63, 3.8) is 0 Å². The van der Waals surface area contributed by atoms with Crippen molar-refractivity contribution in [2.45, 2.75) is 76.5 Å². The van der Waals surface area contributed by atoms with Crippen LogP contribution in [0.4, 0.5) is 0 Å². The summed E-state index contributed by atoms with van der Waals surface area (Å²) >= 11 is 0. The quantitative estimate of drug-likeness (QED) is 0.786. The summed E-state index contributed by atoms with van der Waals surface area (Å²) < 4.78 is 6.12. The van der Waals surface area contributed by atoms with Crippen molar-refractivity contribution < 1.29 is 9.53 Å². The van der Waals surface area contributed by atoms with Crippen LogP contribution in [0.25, 0.3) is 0 Å². The van der Waals surface area contributed by atoms with Crippen molar-refractivity contribution in [1.82, 2.24) is 4.90 Å². The van der Waals surface area contributed by atoms with Crippen molar-refractivity contribution in [3.05, 3.63) is 0 Å². The number of Topliss-reactive ketones (excluding diaryl/α,β-unsaturated/α-hetero) is 1. The number of ether oxygens (including phenoxy) is 1. The lowest BCUT2D eigenvalue weighted by atomic mass is 9.95. The molecule has 1 aliphatic carbocycles. The van der Waals surface area contributed by atoms with E-state index in [9.17, 15) is 4.79 Å². The van der Waals surface area contributed by atoms with Crippen LogP contribution in [0.1, 0.15) is 58.8 Å². The Morgan fingerprint density at radius 1 is 1.26 bits per heavy atom. The summed E-state index contributed by atoms with van der Waals surface area (Å²) in [7, 11) is 0. The summed E-state index contributed by atoms with van der Waals surface area (Å²) in [5, 5.41) is 0. The van der Waals surface area contributed by atoms with E-state index in [0.717, 1.165) is 32.4 Å². The van der Waals surface area contributed by atoms with Crippen molar-refractivity contribution in [3.8, 4) is 0 Å². The molecular weight excluding hydrogens is 238 g/mol.